The van der Waals surface area contributed by atoms with Gasteiger partial charge < -0.3 is 10.6 Å². The van der Waals surface area contributed by atoms with E-state index in [-0.39, 0.29) is 30.1 Å². The van der Waals surface area contributed by atoms with E-state index in [0.717, 1.165) is 25.1 Å². The van der Waals surface area contributed by atoms with Crippen LogP contribution in [0.2, 0.25) is 0 Å². The number of amides is 2. The van der Waals surface area contributed by atoms with Gasteiger partial charge in [-0.3, -0.25) is 14.5 Å². The smallest absolute Gasteiger partial charge is 0.238 e. The molecule has 136 valence electrons. The summed E-state index contributed by atoms with van der Waals surface area (Å²) in [6, 6.07) is 15.0. The van der Waals surface area contributed by atoms with E-state index in [4.69, 9.17) is 0 Å². The minimum absolute atomic E-state index is 0.0140. The first-order chi connectivity index (χ1) is 12.6. The van der Waals surface area contributed by atoms with Gasteiger partial charge in [0.15, 0.2) is 0 Å². The Balaban J connectivity index is 1.50. The van der Waals surface area contributed by atoms with Crippen molar-refractivity contribution in [2.75, 3.05) is 30.3 Å². The fraction of sp³-hybridized carbons (Fsp3) is 0.300. The molecule has 2 aromatic rings. The van der Waals surface area contributed by atoms with Gasteiger partial charge in [-0.1, -0.05) is 18.2 Å². The van der Waals surface area contributed by atoms with Crippen molar-refractivity contribution in [2.45, 2.75) is 12.8 Å². The molecule has 0 spiro atoms. The van der Waals surface area contributed by atoms with Gasteiger partial charge in [-0.2, -0.15) is 0 Å². The molecule has 5 nitrogen and oxygen atoms in total. The van der Waals surface area contributed by atoms with Gasteiger partial charge in [0, 0.05) is 17.9 Å². The molecule has 2 aromatic carbocycles. The van der Waals surface area contributed by atoms with Crippen molar-refractivity contribution in [2.24, 2.45) is 5.92 Å². The van der Waals surface area contributed by atoms with Gasteiger partial charge in [0.25, 0.3) is 0 Å². The number of anilines is 2. The number of halogens is 1. The van der Waals surface area contributed by atoms with Crippen molar-refractivity contribution in [3.8, 4) is 0 Å². The fourth-order valence-electron chi connectivity index (χ4n) is 3.12. The summed E-state index contributed by atoms with van der Waals surface area (Å²) in [6.45, 7) is 1.55. The maximum absolute atomic E-state index is 12.9. The Bertz CT molecular complexity index is 749. The molecular formula is C20H22FN3O2. The minimum atomic E-state index is -0.341. The number of carbonyl (C=O) groups is 2. The van der Waals surface area contributed by atoms with Crippen LogP contribution >= 0.6 is 0 Å². The van der Waals surface area contributed by atoms with Gasteiger partial charge in [0.05, 0.1) is 12.5 Å². The quantitative estimate of drug-likeness (QED) is 0.866. The molecule has 0 radical (unpaired) electrons. The van der Waals surface area contributed by atoms with Crippen LogP contribution in [0, 0.1) is 11.7 Å². The average Bonchev–Trinajstić information content (AvgIpc) is 2.64. The maximum Gasteiger partial charge on any atom is 0.238 e. The van der Waals surface area contributed by atoms with Crippen LogP contribution in [0.1, 0.15) is 12.8 Å². The summed E-state index contributed by atoms with van der Waals surface area (Å²) < 4.78 is 12.9. The summed E-state index contributed by atoms with van der Waals surface area (Å²) in [5, 5.41) is 5.68. The Labute approximate surface area is 152 Å². The number of benzene rings is 2. The predicted octanol–water partition coefficient (Wildman–Crippen LogP) is 3.11. The van der Waals surface area contributed by atoms with E-state index in [2.05, 4.69) is 10.6 Å². The van der Waals surface area contributed by atoms with Gasteiger partial charge in [-0.05, 0) is 55.8 Å². The number of carbonyl (C=O) groups excluding carboxylic acids is 2. The molecule has 26 heavy (non-hydrogen) atoms. The number of hydrogen-bond acceptors (Lipinski definition) is 3. The zero-order chi connectivity index (χ0) is 18.4. The van der Waals surface area contributed by atoms with Crippen LogP contribution in [0.15, 0.2) is 54.6 Å². The first-order valence-electron chi connectivity index (χ1n) is 8.74. The van der Waals surface area contributed by atoms with Gasteiger partial charge in [-0.15, -0.1) is 0 Å². The number of para-hydroxylation sites is 1. The molecule has 1 saturated heterocycles. The zero-order valence-electron chi connectivity index (χ0n) is 14.5. The van der Waals surface area contributed by atoms with E-state index in [0.29, 0.717) is 12.2 Å². The van der Waals surface area contributed by atoms with Crippen LogP contribution in [-0.4, -0.2) is 36.3 Å². The summed E-state index contributed by atoms with van der Waals surface area (Å²) in [5.74, 6) is -0.658. The summed E-state index contributed by atoms with van der Waals surface area (Å²) >= 11 is 0. The summed E-state index contributed by atoms with van der Waals surface area (Å²) in [6.07, 6.45) is 1.69. The maximum atomic E-state index is 12.9. The van der Waals surface area contributed by atoms with Crippen molar-refractivity contribution in [3.05, 3.63) is 60.4 Å². The van der Waals surface area contributed by atoms with Crippen LogP contribution in [0.3, 0.4) is 0 Å². The van der Waals surface area contributed by atoms with Gasteiger partial charge in [-0.25, -0.2) is 4.39 Å². The summed E-state index contributed by atoms with van der Waals surface area (Å²) in [7, 11) is 0. The molecule has 1 heterocycles. The third-order valence-corrected chi connectivity index (χ3v) is 4.41. The predicted molar refractivity (Wildman–Crippen MR) is 99.3 cm³/mol. The molecule has 2 N–H and O–H groups in total. The lowest BCUT2D eigenvalue weighted by atomic mass is 9.97. The Kier molecular flexibility index (Phi) is 5.96. The van der Waals surface area contributed by atoms with Crippen molar-refractivity contribution in [1.29, 1.82) is 0 Å². The molecule has 1 fully saturated rings. The lowest BCUT2D eigenvalue weighted by molar-refractivity contribution is -0.123. The molecule has 0 bridgehead atoms. The number of nitrogens with one attached hydrogen (secondary N) is 2. The molecule has 2 amide bonds. The number of likely N-dealkylation sites (tertiary alicyclic amines) is 1. The number of hydrogen-bond donors (Lipinski definition) is 2. The SMILES string of the molecule is O=C(CN1CCC[C@@H](C(=O)Nc2ccccc2)C1)Nc1ccc(F)cc1. The molecule has 0 saturated carbocycles. The molecule has 3 rings (SSSR count). The highest BCUT2D eigenvalue weighted by Crippen LogP contribution is 2.19. The van der Waals surface area contributed by atoms with Crippen LogP contribution in [0.4, 0.5) is 15.8 Å². The zero-order valence-corrected chi connectivity index (χ0v) is 14.5. The van der Waals surface area contributed by atoms with Crippen LogP contribution < -0.4 is 10.6 Å². The third-order valence-electron chi connectivity index (χ3n) is 4.41. The van der Waals surface area contributed by atoms with Gasteiger partial charge in [0.2, 0.25) is 11.8 Å². The molecule has 1 aliphatic heterocycles. The van der Waals surface area contributed by atoms with E-state index in [1.165, 1.54) is 24.3 Å². The van der Waals surface area contributed by atoms with Crippen LogP contribution in [-0.2, 0) is 9.59 Å². The van der Waals surface area contributed by atoms with Crippen molar-refractivity contribution < 1.29 is 14.0 Å². The Morgan fingerprint density at radius 2 is 1.69 bits per heavy atom. The topological polar surface area (TPSA) is 61.4 Å². The Morgan fingerprint density at radius 3 is 2.42 bits per heavy atom. The molecule has 1 atom stereocenters. The Hall–Kier alpha value is -2.73. The second kappa shape index (κ2) is 8.58. The highest BCUT2D eigenvalue weighted by Gasteiger charge is 2.26. The first-order valence-corrected chi connectivity index (χ1v) is 8.74. The van der Waals surface area contributed by atoms with E-state index >= 15 is 0 Å². The highest BCUT2D eigenvalue weighted by atomic mass is 19.1. The number of nitrogens with zero attached hydrogens (tertiary/aromatic N) is 1. The number of piperidine rings is 1. The lowest BCUT2D eigenvalue weighted by Gasteiger charge is -2.31. The van der Waals surface area contributed by atoms with Gasteiger partial charge >= 0.3 is 0 Å². The standard InChI is InChI=1S/C20H22FN3O2/c21-16-8-10-18(11-9-16)22-19(25)14-24-12-4-5-15(13-24)20(26)23-17-6-2-1-3-7-17/h1-3,6-11,15H,4-5,12-14H2,(H,22,25)(H,23,26)/t15-/m1/s1. The van der Waals surface area contributed by atoms with E-state index < -0.39 is 0 Å². The first kappa shape index (κ1) is 18.1. The lowest BCUT2D eigenvalue weighted by Crippen LogP contribution is -2.43. The summed E-state index contributed by atoms with van der Waals surface area (Å²) in [5.41, 5.74) is 1.34. The highest BCUT2D eigenvalue weighted by molar-refractivity contribution is 5.93. The minimum Gasteiger partial charge on any atom is -0.326 e. The van der Waals surface area contributed by atoms with Crippen LogP contribution in [0.25, 0.3) is 0 Å². The third kappa shape index (κ3) is 5.13. The normalized spacial score (nSPS) is 17.5. The largest absolute Gasteiger partial charge is 0.326 e. The van der Waals surface area contributed by atoms with E-state index in [9.17, 15) is 14.0 Å². The summed E-state index contributed by atoms with van der Waals surface area (Å²) in [4.78, 5) is 26.6. The van der Waals surface area contributed by atoms with Gasteiger partial charge in [0.1, 0.15) is 5.82 Å². The second-order valence-electron chi connectivity index (χ2n) is 6.48. The molecule has 1 aliphatic rings. The second-order valence-corrected chi connectivity index (χ2v) is 6.48. The Morgan fingerprint density at radius 1 is 1.00 bits per heavy atom. The monoisotopic (exact) mass is 355 g/mol. The van der Waals surface area contributed by atoms with Crippen molar-refractivity contribution in [3.63, 3.8) is 0 Å². The van der Waals surface area contributed by atoms with E-state index in [1.54, 1.807) is 0 Å². The average molecular weight is 355 g/mol. The van der Waals surface area contributed by atoms with Crippen molar-refractivity contribution >= 4 is 23.2 Å². The molecule has 0 unspecified atom stereocenters. The number of rotatable bonds is 5. The molecular weight excluding hydrogens is 333 g/mol. The molecule has 0 aromatic heterocycles. The van der Waals surface area contributed by atoms with Crippen LogP contribution in [0.5, 0.6) is 0 Å². The van der Waals surface area contributed by atoms with E-state index in [1.807, 2.05) is 35.2 Å². The molecule has 6 heteroatoms. The molecule has 0 aliphatic carbocycles. The van der Waals surface area contributed by atoms with Crippen molar-refractivity contribution in [1.82, 2.24) is 4.90 Å². The fourth-order valence-corrected chi connectivity index (χ4v) is 3.12.